The van der Waals surface area contributed by atoms with Crippen LogP contribution in [0.2, 0.25) is 5.02 Å². The Morgan fingerprint density at radius 1 is 1.32 bits per heavy atom. The molecule has 0 fully saturated rings. The predicted octanol–water partition coefficient (Wildman–Crippen LogP) is 3.64. The first-order valence-electron chi connectivity index (χ1n) is 7.18. The monoisotopic (exact) mass is 428 g/mol. The summed E-state index contributed by atoms with van der Waals surface area (Å²) in [5.41, 5.74) is 6.31. The molecular formula is C17H15BrClFN2O3. The highest BCUT2D eigenvalue weighted by Gasteiger charge is 2.18. The summed E-state index contributed by atoms with van der Waals surface area (Å²) in [4.78, 5) is 25.4. The van der Waals surface area contributed by atoms with Crippen molar-refractivity contribution in [2.45, 2.75) is 6.54 Å². The lowest BCUT2D eigenvalue weighted by Crippen LogP contribution is -2.31. The number of halogens is 3. The average molecular weight is 430 g/mol. The lowest BCUT2D eigenvalue weighted by Gasteiger charge is -2.18. The molecule has 0 unspecified atom stereocenters. The fraction of sp³-hybridized carbons (Fsp3) is 0.176. The number of likely N-dealkylation sites (N-methyl/N-ethyl adjacent to an activating group) is 1. The van der Waals surface area contributed by atoms with Crippen LogP contribution >= 0.6 is 27.5 Å². The lowest BCUT2D eigenvalue weighted by molar-refractivity contribution is -0.133. The van der Waals surface area contributed by atoms with Gasteiger partial charge >= 0.3 is 5.97 Å². The number of benzene rings is 2. The molecule has 2 N–H and O–H groups in total. The number of hydrogen-bond donors (Lipinski definition) is 1. The minimum atomic E-state index is -0.718. The van der Waals surface area contributed by atoms with E-state index in [0.29, 0.717) is 4.47 Å². The molecule has 0 radical (unpaired) electrons. The van der Waals surface area contributed by atoms with Gasteiger partial charge in [0.1, 0.15) is 5.82 Å². The smallest absolute Gasteiger partial charge is 0.340 e. The summed E-state index contributed by atoms with van der Waals surface area (Å²) in [6.45, 7) is -0.533. The van der Waals surface area contributed by atoms with Crippen molar-refractivity contribution in [3.05, 3.63) is 62.8 Å². The molecule has 0 saturated carbocycles. The number of rotatable bonds is 5. The summed E-state index contributed by atoms with van der Waals surface area (Å²) in [6, 6.07) is 9.01. The van der Waals surface area contributed by atoms with Crippen LogP contribution in [0.3, 0.4) is 0 Å². The van der Waals surface area contributed by atoms with E-state index in [9.17, 15) is 14.0 Å². The van der Waals surface area contributed by atoms with Gasteiger partial charge in [-0.15, -0.1) is 0 Å². The normalized spacial score (nSPS) is 10.4. The van der Waals surface area contributed by atoms with Crippen LogP contribution < -0.4 is 5.73 Å². The zero-order valence-corrected chi connectivity index (χ0v) is 15.6. The third kappa shape index (κ3) is 4.93. The van der Waals surface area contributed by atoms with Crippen molar-refractivity contribution in [3.63, 3.8) is 0 Å². The number of nitrogen functional groups attached to an aromatic ring is 1. The molecule has 0 aliphatic rings. The molecule has 1 amide bonds. The van der Waals surface area contributed by atoms with Gasteiger partial charge in [0.15, 0.2) is 6.61 Å². The van der Waals surface area contributed by atoms with Crippen LogP contribution in [0.1, 0.15) is 15.9 Å². The van der Waals surface area contributed by atoms with Gasteiger partial charge in [-0.3, -0.25) is 4.79 Å². The molecule has 2 aromatic carbocycles. The SMILES string of the molecule is CN(Cc1c(F)cccc1Cl)C(=O)COC(=O)c1cc(Br)ccc1N. The molecule has 0 atom stereocenters. The Morgan fingerprint density at radius 3 is 2.72 bits per heavy atom. The molecule has 0 aliphatic carbocycles. The highest BCUT2D eigenvalue weighted by molar-refractivity contribution is 9.10. The van der Waals surface area contributed by atoms with E-state index in [0.717, 1.165) is 0 Å². The van der Waals surface area contributed by atoms with Crippen LogP contribution in [0, 0.1) is 5.82 Å². The topological polar surface area (TPSA) is 72.6 Å². The molecule has 0 heterocycles. The number of hydrogen-bond acceptors (Lipinski definition) is 4. The summed E-state index contributed by atoms with van der Waals surface area (Å²) in [5.74, 6) is -1.73. The third-order valence-electron chi connectivity index (χ3n) is 3.44. The number of carbonyl (C=O) groups excluding carboxylic acids is 2. The maximum absolute atomic E-state index is 13.8. The first-order valence-corrected chi connectivity index (χ1v) is 8.35. The number of anilines is 1. The zero-order valence-electron chi connectivity index (χ0n) is 13.3. The van der Waals surface area contributed by atoms with Gasteiger partial charge in [-0.1, -0.05) is 33.6 Å². The quantitative estimate of drug-likeness (QED) is 0.582. The van der Waals surface area contributed by atoms with E-state index in [1.165, 1.54) is 36.2 Å². The fourth-order valence-corrected chi connectivity index (χ4v) is 2.61. The molecule has 5 nitrogen and oxygen atoms in total. The van der Waals surface area contributed by atoms with E-state index in [4.69, 9.17) is 22.1 Å². The number of amides is 1. The van der Waals surface area contributed by atoms with Crippen molar-refractivity contribution in [1.82, 2.24) is 4.90 Å². The lowest BCUT2D eigenvalue weighted by atomic mass is 10.2. The Balaban J connectivity index is 1.97. The molecule has 0 saturated heterocycles. The minimum absolute atomic E-state index is 0.0408. The van der Waals surface area contributed by atoms with Gasteiger partial charge in [-0.2, -0.15) is 0 Å². The summed E-state index contributed by atoms with van der Waals surface area (Å²) in [5, 5.41) is 0.221. The molecule has 0 aromatic heterocycles. The minimum Gasteiger partial charge on any atom is -0.452 e. The maximum Gasteiger partial charge on any atom is 0.340 e. The second-order valence-electron chi connectivity index (χ2n) is 5.26. The molecule has 2 aromatic rings. The third-order valence-corrected chi connectivity index (χ3v) is 4.29. The van der Waals surface area contributed by atoms with Gasteiger partial charge in [-0.25, -0.2) is 9.18 Å². The largest absolute Gasteiger partial charge is 0.452 e. The molecule has 2 rings (SSSR count). The molecule has 132 valence electrons. The van der Waals surface area contributed by atoms with Crippen molar-refractivity contribution in [2.24, 2.45) is 0 Å². The van der Waals surface area contributed by atoms with Crippen molar-refractivity contribution in [2.75, 3.05) is 19.4 Å². The van der Waals surface area contributed by atoms with Crippen LogP contribution in [0.25, 0.3) is 0 Å². The predicted molar refractivity (Wildman–Crippen MR) is 96.7 cm³/mol. The molecule has 25 heavy (non-hydrogen) atoms. The van der Waals surface area contributed by atoms with E-state index in [1.807, 2.05) is 0 Å². The maximum atomic E-state index is 13.8. The number of esters is 1. The zero-order chi connectivity index (χ0) is 18.6. The average Bonchev–Trinajstić information content (AvgIpc) is 2.57. The Bertz CT molecular complexity index is 796. The van der Waals surface area contributed by atoms with Crippen LogP contribution in [0.4, 0.5) is 10.1 Å². The molecule has 0 aliphatic heterocycles. The second-order valence-corrected chi connectivity index (χ2v) is 6.58. The molecule has 8 heteroatoms. The van der Waals surface area contributed by atoms with E-state index in [2.05, 4.69) is 15.9 Å². The molecular weight excluding hydrogens is 415 g/mol. The van der Waals surface area contributed by atoms with Crippen molar-refractivity contribution in [1.29, 1.82) is 0 Å². The van der Waals surface area contributed by atoms with Gasteiger partial charge in [0.05, 0.1) is 5.56 Å². The highest BCUT2D eigenvalue weighted by atomic mass is 79.9. The number of nitrogens with two attached hydrogens (primary N) is 1. The summed E-state index contributed by atoms with van der Waals surface area (Å²) < 4.78 is 19.4. The van der Waals surface area contributed by atoms with E-state index >= 15 is 0 Å². The standard InChI is InChI=1S/C17H15BrClFN2O3/c1-22(8-12-13(19)3-2-4-14(12)20)16(23)9-25-17(24)11-7-10(18)5-6-15(11)21/h2-7H,8-9,21H2,1H3. The van der Waals surface area contributed by atoms with Crippen LogP contribution in [0.5, 0.6) is 0 Å². The van der Waals surface area contributed by atoms with Crippen LogP contribution in [-0.4, -0.2) is 30.4 Å². The van der Waals surface area contributed by atoms with E-state index in [-0.39, 0.29) is 28.4 Å². The van der Waals surface area contributed by atoms with Crippen molar-refractivity contribution < 1.29 is 18.7 Å². The Hall–Kier alpha value is -2.12. The van der Waals surface area contributed by atoms with Gasteiger partial charge in [0.2, 0.25) is 0 Å². The Morgan fingerprint density at radius 2 is 2.04 bits per heavy atom. The van der Waals surface area contributed by atoms with E-state index in [1.54, 1.807) is 12.1 Å². The van der Waals surface area contributed by atoms with Gasteiger partial charge in [0.25, 0.3) is 5.91 Å². The van der Waals surface area contributed by atoms with Crippen LogP contribution in [0.15, 0.2) is 40.9 Å². The Labute approximate surface area is 157 Å². The number of ether oxygens (including phenoxy) is 1. The second kappa shape index (κ2) is 8.31. The number of carbonyl (C=O) groups is 2. The highest BCUT2D eigenvalue weighted by Crippen LogP contribution is 2.21. The summed E-state index contributed by atoms with van der Waals surface area (Å²) >= 11 is 9.17. The first kappa shape index (κ1) is 19.2. The number of nitrogens with zero attached hydrogens (tertiary/aromatic N) is 1. The fourth-order valence-electron chi connectivity index (χ4n) is 2.03. The van der Waals surface area contributed by atoms with Gasteiger partial charge < -0.3 is 15.4 Å². The molecule has 0 bridgehead atoms. The van der Waals surface area contributed by atoms with E-state index < -0.39 is 24.3 Å². The van der Waals surface area contributed by atoms with Crippen molar-refractivity contribution >= 4 is 45.1 Å². The van der Waals surface area contributed by atoms with Crippen molar-refractivity contribution in [3.8, 4) is 0 Å². The Kier molecular flexibility index (Phi) is 6.39. The first-order chi connectivity index (χ1) is 11.8. The summed E-state index contributed by atoms with van der Waals surface area (Å²) in [7, 11) is 1.46. The van der Waals surface area contributed by atoms with Gasteiger partial charge in [-0.05, 0) is 30.3 Å². The summed E-state index contributed by atoms with van der Waals surface area (Å²) in [6.07, 6.45) is 0. The van der Waals surface area contributed by atoms with Crippen LogP contribution in [-0.2, 0) is 16.1 Å². The molecule has 0 spiro atoms. The van der Waals surface area contributed by atoms with Gasteiger partial charge in [0, 0.05) is 34.3 Å².